The summed E-state index contributed by atoms with van der Waals surface area (Å²) >= 11 is 1.26. The Labute approximate surface area is 298 Å². The molecular weight excluding hydrogens is 707 g/mol. The highest BCUT2D eigenvalue weighted by Gasteiger charge is 2.33. The van der Waals surface area contributed by atoms with E-state index < -0.39 is 58.9 Å². The summed E-state index contributed by atoms with van der Waals surface area (Å²) in [7, 11) is 0. The minimum Gasteiger partial charge on any atom is -0.478 e. The number of rotatable bonds is 11. The van der Waals surface area contributed by atoms with Crippen molar-refractivity contribution >= 4 is 23.6 Å². The standard InChI is InChI=1S/C38H29F5N2O6S/c39-30-29(31(40)33(42)34(43)32(30)41)35(47)45-17-24-4-1-2-5-26(24)21-11-13-23(14-12-21)38-50-25(19-52-36-27(37(48)49)6-3-15-44-36)16-28(51-38)22-9-7-20(18-46)8-10-22/h1-15,25,28,38,46H,16-19H2,(H,45,47)(H,48,49)/t25-,28+,38+/m1/s1. The van der Waals surface area contributed by atoms with Crippen molar-refractivity contribution in [2.75, 3.05) is 5.75 Å². The van der Waals surface area contributed by atoms with E-state index >= 15 is 0 Å². The summed E-state index contributed by atoms with van der Waals surface area (Å²) in [6.45, 7) is -0.402. The number of ether oxygens (including phenoxy) is 2. The smallest absolute Gasteiger partial charge is 0.338 e. The third kappa shape index (κ3) is 7.84. The monoisotopic (exact) mass is 736 g/mol. The van der Waals surface area contributed by atoms with E-state index in [1.165, 1.54) is 24.0 Å². The molecule has 1 aliphatic rings. The van der Waals surface area contributed by atoms with Crippen molar-refractivity contribution in [3.05, 3.63) is 154 Å². The highest BCUT2D eigenvalue weighted by molar-refractivity contribution is 7.99. The maximum atomic E-state index is 14.2. The number of nitrogens with zero attached hydrogens (tertiary/aromatic N) is 1. The van der Waals surface area contributed by atoms with E-state index in [0.29, 0.717) is 39.5 Å². The Morgan fingerprint density at radius 2 is 1.46 bits per heavy atom. The lowest BCUT2D eigenvalue weighted by Gasteiger charge is -2.36. The van der Waals surface area contributed by atoms with Gasteiger partial charge in [-0.25, -0.2) is 31.7 Å². The van der Waals surface area contributed by atoms with Crippen molar-refractivity contribution in [1.29, 1.82) is 0 Å². The van der Waals surface area contributed by atoms with Crippen molar-refractivity contribution < 1.29 is 51.2 Å². The zero-order valence-corrected chi connectivity index (χ0v) is 27.8. The van der Waals surface area contributed by atoms with E-state index in [1.807, 2.05) is 12.1 Å². The summed E-state index contributed by atoms with van der Waals surface area (Å²) in [5.74, 6) is -13.4. The number of aromatic carboxylic acids is 1. The average molecular weight is 737 g/mol. The van der Waals surface area contributed by atoms with E-state index in [9.17, 15) is 41.8 Å². The van der Waals surface area contributed by atoms with Crippen molar-refractivity contribution in [2.24, 2.45) is 0 Å². The molecule has 3 N–H and O–H groups in total. The first-order chi connectivity index (χ1) is 25.0. The van der Waals surface area contributed by atoms with Gasteiger partial charge < -0.3 is 25.0 Å². The lowest BCUT2D eigenvalue weighted by molar-refractivity contribution is -0.245. The molecule has 1 amide bonds. The van der Waals surface area contributed by atoms with E-state index in [0.717, 1.165) is 11.1 Å². The lowest BCUT2D eigenvalue weighted by atomic mass is 9.97. The zero-order valence-electron chi connectivity index (χ0n) is 27.0. The maximum absolute atomic E-state index is 14.2. The molecular formula is C38H29F5N2O6S. The van der Waals surface area contributed by atoms with Gasteiger partial charge in [0.05, 0.1) is 24.4 Å². The number of benzene rings is 4. The molecule has 6 rings (SSSR count). The first-order valence-corrected chi connectivity index (χ1v) is 16.8. The number of pyridine rings is 1. The fourth-order valence-corrected chi connectivity index (χ4v) is 6.71. The highest BCUT2D eigenvalue weighted by atomic mass is 32.2. The van der Waals surface area contributed by atoms with Gasteiger partial charge in [-0.05, 0) is 39.9 Å². The van der Waals surface area contributed by atoms with Crippen LogP contribution in [0.2, 0.25) is 0 Å². The number of amides is 1. The molecule has 0 saturated carbocycles. The predicted octanol–water partition coefficient (Wildman–Crippen LogP) is 7.90. The van der Waals surface area contributed by atoms with Gasteiger partial charge in [0, 0.05) is 30.5 Å². The second-order valence-electron chi connectivity index (χ2n) is 11.7. The van der Waals surface area contributed by atoms with Gasteiger partial charge in [0.15, 0.2) is 29.6 Å². The Kier molecular flexibility index (Phi) is 11.3. The molecule has 0 radical (unpaired) electrons. The summed E-state index contributed by atoms with van der Waals surface area (Å²) in [5, 5.41) is 21.7. The molecule has 0 spiro atoms. The Morgan fingerprint density at radius 1 is 0.808 bits per heavy atom. The van der Waals surface area contributed by atoms with Crippen LogP contribution in [-0.2, 0) is 22.6 Å². The number of carbonyl (C=O) groups is 2. The van der Waals surface area contributed by atoms with Crippen LogP contribution in [0.25, 0.3) is 11.1 Å². The number of thioether (sulfide) groups is 1. The normalized spacial score (nSPS) is 17.2. The van der Waals surface area contributed by atoms with Crippen LogP contribution in [0.15, 0.2) is 96.2 Å². The molecule has 1 aromatic heterocycles. The topological polar surface area (TPSA) is 118 Å². The number of carbonyl (C=O) groups excluding carboxylic acids is 1. The molecule has 4 aromatic carbocycles. The number of halogens is 5. The van der Waals surface area contributed by atoms with E-state index in [1.54, 1.807) is 66.7 Å². The van der Waals surface area contributed by atoms with Gasteiger partial charge in [0.1, 0.15) is 10.6 Å². The SMILES string of the molecule is O=C(O)c1cccnc1SC[C@H]1C[C@@H](c2ccc(CO)cc2)O[C@@H](c2ccc(-c3ccccc3CNC(=O)c3c(F)c(F)c(F)c(F)c3F)cc2)O1. The van der Waals surface area contributed by atoms with Gasteiger partial charge in [-0.1, -0.05) is 72.8 Å². The summed E-state index contributed by atoms with van der Waals surface area (Å²) < 4.78 is 82.1. The van der Waals surface area contributed by atoms with Gasteiger partial charge in [0.25, 0.3) is 5.91 Å². The maximum Gasteiger partial charge on any atom is 0.338 e. The number of nitrogens with one attached hydrogen (secondary N) is 1. The molecule has 0 bridgehead atoms. The molecule has 1 aliphatic heterocycles. The molecule has 14 heteroatoms. The molecule has 5 aromatic rings. The second kappa shape index (κ2) is 16.0. The van der Waals surface area contributed by atoms with Crippen molar-refractivity contribution in [3.8, 4) is 11.1 Å². The van der Waals surface area contributed by atoms with Crippen LogP contribution in [0.5, 0.6) is 0 Å². The Bertz CT molecular complexity index is 2070. The summed E-state index contributed by atoms with van der Waals surface area (Å²) in [5.41, 5.74) is 2.57. The first kappa shape index (κ1) is 36.6. The Balaban J connectivity index is 1.21. The largest absolute Gasteiger partial charge is 0.478 e. The second-order valence-corrected chi connectivity index (χ2v) is 12.7. The summed E-state index contributed by atoms with van der Waals surface area (Å²) in [6, 6.07) is 24.3. The number of aliphatic hydroxyl groups is 1. The number of hydrogen-bond acceptors (Lipinski definition) is 7. The molecule has 0 aliphatic carbocycles. The minimum atomic E-state index is -2.36. The zero-order chi connectivity index (χ0) is 36.9. The third-order valence-electron chi connectivity index (χ3n) is 8.41. The summed E-state index contributed by atoms with van der Waals surface area (Å²) in [6.07, 6.45) is 0.376. The lowest BCUT2D eigenvalue weighted by Crippen LogP contribution is -2.31. The number of aliphatic hydroxyl groups excluding tert-OH is 1. The fourth-order valence-electron chi connectivity index (χ4n) is 5.71. The van der Waals surface area contributed by atoms with Gasteiger partial charge >= 0.3 is 5.97 Å². The minimum absolute atomic E-state index is 0.0836. The van der Waals surface area contributed by atoms with Gasteiger partial charge in [-0.2, -0.15) is 0 Å². The quantitative estimate of drug-likeness (QED) is 0.0543. The third-order valence-corrected chi connectivity index (χ3v) is 9.55. The molecule has 3 atom stereocenters. The number of carboxylic acids is 1. The molecule has 1 saturated heterocycles. The van der Waals surface area contributed by atoms with E-state index in [2.05, 4.69) is 10.3 Å². The van der Waals surface area contributed by atoms with Crippen LogP contribution in [0, 0.1) is 29.1 Å². The number of carboxylic acid groups (broad SMARTS) is 1. The van der Waals surface area contributed by atoms with Crippen LogP contribution in [-0.4, -0.2) is 38.9 Å². The van der Waals surface area contributed by atoms with Crippen LogP contribution in [0.1, 0.15) is 61.8 Å². The molecule has 1 fully saturated rings. The van der Waals surface area contributed by atoms with Crippen LogP contribution in [0.4, 0.5) is 22.0 Å². The van der Waals surface area contributed by atoms with Gasteiger partial charge in [-0.3, -0.25) is 4.79 Å². The van der Waals surface area contributed by atoms with Crippen molar-refractivity contribution in [1.82, 2.24) is 10.3 Å². The number of hydrogen-bond donors (Lipinski definition) is 3. The highest BCUT2D eigenvalue weighted by Crippen LogP contribution is 2.40. The van der Waals surface area contributed by atoms with Crippen LogP contribution < -0.4 is 5.32 Å². The van der Waals surface area contributed by atoms with Crippen LogP contribution in [0.3, 0.4) is 0 Å². The van der Waals surface area contributed by atoms with Crippen molar-refractivity contribution in [3.63, 3.8) is 0 Å². The van der Waals surface area contributed by atoms with E-state index in [-0.39, 0.29) is 24.8 Å². The van der Waals surface area contributed by atoms with Gasteiger partial charge in [-0.15, -0.1) is 11.8 Å². The summed E-state index contributed by atoms with van der Waals surface area (Å²) in [4.78, 5) is 28.5. The van der Waals surface area contributed by atoms with Crippen LogP contribution >= 0.6 is 11.8 Å². The fraction of sp³-hybridized carbons (Fsp3) is 0.184. The van der Waals surface area contributed by atoms with E-state index in [4.69, 9.17) is 9.47 Å². The number of aromatic nitrogens is 1. The first-order valence-electron chi connectivity index (χ1n) is 15.8. The Hall–Kier alpha value is -5.15. The molecule has 2 heterocycles. The Morgan fingerprint density at radius 3 is 2.13 bits per heavy atom. The molecule has 8 nitrogen and oxygen atoms in total. The van der Waals surface area contributed by atoms with Crippen molar-refractivity contribution in [2.45, 2.75) is 43.1 Å². The molecule has 268 valence electrons. The molecule has 52 heavy (non-hydrogen) atoms. The predicted molar refractivity (Wildman–Crippen MR) is 180 cm³/mol. The molecule has 0 unspecified atom stereocenters. The average Bonchev–Trinajstić information content (AvgIpc) is 3.18. The van der Waals surface area contributed by atoms with Gasteiger partial charge in [0.2, 0.25) is 5.82 Å².